The molecule has 0 amide bonds. The lowest BCUT2D eigenvalue weighted by atomic mass is 10.1. The zero-order chi connectivity index (χ0) is 15.0. The van der Waals surface area contributed by atoms with Gasteiger partial charge in [-0.1, -0.05) is 6.07 Å². The normalized spacial score (nSPS) is 15.0. The van der Waals surface area contributed by atoms with Gasteiger partial charge in [0.1, 0.15) is 11.6 Å². The third-order valence-electron chi connectivity index (χ3n) is 3.58. The Kier molecular flexibility index (Phi) is 3.42. The quantitative estimate of drug-likeness (QED) is 0.872. The minimum Gasteiger partial charge on any atom is -0.369 e. The molecule has 0 fully saturated rings. The minimum absolute atomic E-state index is 0.108. The van der Waals surface area contributed by atoms with Crippen molar-refractivity contribution in [3.05, 3.63) is 57.0 Å². The summed E-state index contributed by atoms with van der Waals surface area (Å²) in [4.78, 5) is 20.4. The predicted octanol–water partition coefficient (Wildman–Crippen LogP) is 1.19. The predicted molar refractivity (Wildman–Crippen MR) is 73.4 cm³/mol. The Morgan fingerprint density at radius 1 is 1.38 bits per heavy atom. The first-order valence-electron chi connectivity index (χ1n) is 6.57. The van der Waals surface area contributed by atoms with Crippen LogP contribution in [0.3, 0.4) is 0 Å². The Hall–Kier alpha value is -2.28. The van der Waals surface area contributed by atoms with E-state index in [0.29, 0.717) is 42.9 Å². The molecule has 3 rings (SSSR count). The third-order valence-corrected chi connectivity index (χ3v) is 3.58. The van der Waals surface area contributed by atoms with Crippen molar-refractivity contribution in [2.75, 3.05) is 12.3 Å². The second-order valence-corrected chi connectivity index (χ2v) is 5.07. The van der Waals surface area contributed by atoms with E-state index in [1.165, 1.54) is 12.1 Å². The zero-order valence-electron chi connectivity index (χ0n) is 11.2. The number of benzene rings is 1. The van der Waals surface area contributed by atoms with Gasteiger partial charge in [0.2, 0.25) is 5.95 Å². The lowest BCUT2D eigenvalue weighted by Crippen LogP contribution is -2.35. The van der Waals surface area contributed by atoms with Crippen molar-refractivity contribution >= 4 is 5.95 Å². The average Bonchev–Trinajstić information content (AvgIpc) is 2.42. The van der Waals surface area contributed by atoms with Gasteiger partial charge in [-0.2, -0.15) is 0 Å². The van der Waals surface area contributed by atoms with E-state index in [9.17, 15) is 13.6 Å². The number of aromatic amines is 1. The number of hydrogen-bond donors (Lipinski definition) is 2. The fourth-order valence-electron chi connectivity index (χ4n) is 2.53. The fourth-order valence-corrected chi connectivity index (χ4v) is 2.53. The van der Waals surface area contributed by atoms with Gasteiger partial charge in [0.25, 0.3) is 5.56 Å². The van der Waals surface area contributed by atoms with E-state index in [4.69, 9.17) is 5.73 Å². The maximum absolute atomic E-state index is 13.7. The van der Waals surface area contributed by atoms with Crippen LogP contribution in [0.4, 0.5) is 14.7 Å². The Bertz CT molecular complexity index is 744. The van der Waals surface area contributed by atoms with E-state index in [1.807, 2.05) is 4.90 Å². The average molecular weight is 292 g/mol. The van der Waals surface area contributed by atoms with Gasteiger partial charge in [-0.3, -0.25) is 14.7 Å². The number of fused-ring (bicyclic) bond motifs is 1. The number of nitrogens with two attached hydrogens (primary N) is 1. The molecule has 1 aromatic heterocycles. The Balaban J connectivity index is 1.82. The number of aromatic nitrogens is 2. The Morgan fingerprint density at radius 3 is 2.95 bits per heavy atom. The van der Waals surface area contributed by atoms with Gasteiger partial charge >= 0.3 is 0 Å². The number of nitrogens with zero attached hydrogens (tertiary/aromatic N) is 2. The van der Waals surface area contributed by atoms with Crippen molar-refractivity contribution in [2.45, 2.75) is 19.5 Å². The topological polar surface area (TPSA) is 75.0 Å². The first-order chi connectivity index (χ1) is 10.0. The summed E-state index contributed by atoms with van der Waals surface area (Å²) in [7, 11) is 0. The summed E-state index contributed by atoms with van der Waals surface area (Å²) in [6.07, 6.45) is 0.576. The van der Waals surface area contributed by atoms with Gasteiger partial charge in [0.15, 0.2) is 0 Å². The molecule has 0 spiro atoms. The maximum atomic E-state index is 13.7. The maximum Gasteiger partial charge on any atom is 0.257 e. The summed E-state index contributed by atoms with van der Waals surface area (Å²) in [6, 6.07) is 3.51. The number of hydrogen-bond acceptors (Lipinski definition) is 4. The summed E-state index contributed by atoms with van der Waals surface area (Å²) in [5.74, 6) is -1.07. The molecule has 3 N–H and O–H groups in total. The van der Waals surface area contributed by atoms with Crippen molar-refractivity contribution in [1.29, 1.82) is 0 Å². The molecule has 0 aliphatic carbocycles. The van der Waals surface area contributed by atoms with Crippen molar-refractivity contribution < 1.29 is 8.78 Å². The van der Waals surface area contributed by atoms with Crippen LogP contribution in [0.5, 0.6) is 0 Å². The van der Waals surface area contributed by atoms with Crippen LogP contribution in [0.1, 0.15) is 16.8 Å². The molecular formula is C14H14F2N4O. The van der Waals surface area contributed by atoms with Crippen LogP contribution in [0.2, 0.25) is 0 Å². The number of nitrogens with one attached hydrogen (secondary N) is 1. The zero-order valence-corrected chi connectivity index (χ0v) is 11.2. The number of nitrogen functional groups attached to an aromatic ring is 1. The highest BCUT2D eigenvalue weighted by Gasteiger charge is 2.21. The van der Waals surface area contributed by atoms with Crippen molar-refractivity contribution in [3.8, 4) is 0 Å². The minimum atomic E-state index is -0.601. The van der Waals surface area contributed by atoms with E-state index in [2.05, 4.69) is 9.97 Å². The molecule has 7 heteroatoms. The van der Waals surface area contributed by atoms with E-state index < -0.39 is 11.6 Å². The van der Waals surface area contributed by atoms with Gasteiger partial charge in [-0.15, -0.1) is 0 Å². The molecule has 110 valence electrons. The van der Waals surface area contributed by atoms with Gasteiger partial charge in [0, 0.05) is 37.7 Å². The summed E-state index contributed by atoms with van der Waals surface area (Å²) >= 11 is 0. The number of H-pyrrole nitrogens is 1. The molecule has 0 bridgehead atoms. The van der Waals surface area contributed by atoms with Gasteiger partial charge < -0.3 is 5.73 Å². The lowest BCUT2D eigenvalue weighted by Gasteiger charge is -2.27. The van der Waals surface area contributed by atoms with E-state index in [0.717, 1.165) is 6.07 Å². The summed E-state index contributed by atoms with van der Waals surface area (Å²) in [5.41, 5.74) is 6.89. The standard InChI is InChI=1S/C14H14F2N4O/c15-9-2-1-8(11(16)5-9)6-20-4-3-12-10(7-20)13(21)19-14(17)18-12/h1-2,5H,3-4,6-7H2,(H3,17,18,19,21). The largest absolute Gasteiger partial charge is 0.369 e. The fraction of sp³-hybridized carbons (Fsp3) is 0.286. The SMILES string of the molecule is Nc1nc2c(c(=O)[nH]1)CN(Cc1ccc(F)cc1F)CC2. The molecule has 1 aliphatic heterocycles. The number of anilines is 1. The second-order valence-electron chi connectivity index (χ2n) is 5.07. The van der Waals surface area contributed by atoms with E-state index >= 15 is 0 Å². The molecule has 2 heterocycles. The first kappa shape index (κ1) is 13.7. The Labute approximate surface area is 119 Å². The highest BCUT2D eigenvalue weighted by Crippen LogP contribution is 2.18. The molecule has 0 atom stereocenters. The highest BCUT2D eigenvalue weighted by atomic mass is 19.1. The number of halogens is 2. The summed E-state index contributed by atoms with van der Waals surface area (Å²) < 4.78 is 26.6. The van der Waals surface area contributed by atoms with Crippen LogP contribution < -0.4 is 11.3 Å². The summed E-state index contributed by atoms with van der Waals surface area (Å²) in [5, 5.41) is 0. The molecule has 0 unspecified atom stereocenters. The van der Waals surface area contributed by atoms with Crippen LogP contribution in [-0.4, -0.2) is 21.4 Å². The van der Waals surface area contributed by atoms with Crippen LogP contribution in [0.15, 0.2) is 23.0 Å². The van der Waals surface area contributed by atoms with Crippen molar-refractivity contribution in [3.63, 3.8) is 0 Å². The molecule has 21 heavy (non-hydrogen) atoms. The molecule has 0 saturated carbocycles. The summed E-state index contributed by atoms with van der Waals surface area (Å²) in [6.45, 7) is 1.32. The molecule has 1 aromatic carbocycles. The van der Waals surface area contributed by atoms with Crippen LogP contribution >= 0.6 is 0 Å². The van der Waals surface area contributed by atoms with Crippen LogP contribution in [-0.2, 0) is 19.5 Å². The molecule has 2 aromatic rings. The van der Waals surface area contributed by atoms with E-state index in [-0.39, 0.29) is 11.5 Å². The molecule has 1 aliphatic rings. The van der Waals surface area contributed by atoms with Gasteiger partial charge in [-0.05, 0) is 6.07 Å². The van der Waals surface area contributed by atoms with Crippen LogP contribution in [0.25, 0.3) is 0 Å². The molecular weight excluding hydrogens is 278 g/mol. The van der Waals surface area contributed by atoms with Crippen LogP contribution in [0, 0.1) is 11.6 Å². The van der Waals surface area contributed by atoms with Gasteiger partial charge in [-0.25, -0.2) is 13.8 Å². The second kappa shape index (κ2) is 5.25. The number of rotatable bonds is 2. The Morgan fingerprint density at radius 2 is 2.19 bits per heavy atom. The molecule has 0 saturated heterocycles. The molecule has 5 nitrogen and oxygen atoms in total. The molecule has 0 radical (unpaired) electrons. The first-order valence-corrected chi connectivity index (χ1v) is 6.57. The van der Waals surface area contributed by atoms with E-state index in [1.54, 1.807) is 0 Å². The lowest BCUT2D eigenvalue weighted by molar-refractivity contribution is 0.238. The third kappa shape index (κ3) is 2.78. The monoisotopic (exact) mass is 292 g/mol. The smallest absolute Gasteiger partial charge is 0.257 e. The van der Waals surface area contributed by atoms with Crippen molar-refractivity contribution in [1.82, 2.24) is 14.9 Å². The van der Waals surface area contributed by atoms with Crippen molar-refractivity contribution in [2.24, 2.45) is 0 Å². The van der Waals surface area contributed by atoms with Gasteiger partial charge in [0.05, 0.1) is 11.3 Å². The highest BCUT2D eigenvalue weighted by molar-refractivity contribution is 5.27.